The lowest BCUT2D eigenvalue weighted by Crippen LogP contribution is -1.97. The fourth-order valence-corrected chi connectivity index (χ4v) is 1.76. The molecule has 1 aromatic heterocycles. The first-order valence-corrected chi connectivity index (χ1v) is 6.79. The third kappa shape index (κ3) is 4.62. The molecule has 0 amide bonds. The molecular formula is C16H20N2O. The van der Waals surface area contributed by atoms with Gasteiger partial charge in [-0.05, 0) is 42.8 Å². The second kappa shape index (κ2) is 7.41. The van der Waals surface area contributed by atoms with Crippen LogP contribution in [0.3, 0.4) is 0 Å². The summed E-state index contributed by atoms with van der Waals surface area (Å²) in [6.07, 6.45) is 5.33. The van der Waals surface area contributed by atoms with Crippen LogP contribution in [0.4, 0.5) is 11.5 Å². The van der Waals surface area contributed by atoms with Gasteiger partial charge in [0.2, 0.25) is 0 Å². The SMILES string of the molecule is CCCCCOc1ccc(Nc2ccccn2)cc1. The Morgan fingerprint density at radius 1 is 1.05 bits per heavy atom. The van der Waals surface area contributed by atoms with Gasteiger partial charge in [0.1, 0.15) is 11.6 Å². The lowest BCUT2D eigenvalue weighted by atomic mass is 10.2. The highest BCUT2D eigenvalue weighted by Crippen LogP contribution is 2.18. The van der Waals surface area contributed by atoms with Gasteiger partial charge in [0.25, 0.3) is 0 Å². The molecule has 0 aliphatic rings. The van der Waals surface area contributed by atoms with Gasteiger partial charge in [-0.25, -0.2) is 4.98 Å². The molecule has 0 aliphatic carbocycles. The molecule has 0 aliphatic heterocycles. The first-order valence-electron chi connectivity index (χ1n) is 6.79. The minimum absolute atomic E-state index is 0.793. The molecule has 0 saturated carbocycles. The molecule has 2 aromatic rings. The van der Waals surface area contributed by atoms with Crippen LogP contribution >= 0.6 is 0 Å². The first-order chi connectivity index (χ1) is 9.38. The largest absolute Gasteiger partial charge is 0.494 e. The fraction of sp³-hybridized carbons (Fsp3) is 0.312. The Labute approximate surface area is 114 Å². The number of unbranched alkanes of at least 4 members (excludes halogenated alkanes) is 2. The highest BCUT2D eigenvalue weighted by atomic mass is 16.5. The average Bonchev–Trinajstić information content (AvgIpc) is 2.46. The minimum atomic E-state index is 0.793. The van der Waals surface area contributed by atoms with Gasteiger partial charge in [-0.1, -0.05) is 25.8 Å². The van der Waals surface area contributed by atoms with Gasteiger partial charge in [0.05, 0.1) is 6.61 Å². The molecular weight excluding hydrogens is 236 g/mol. The van der Waals surface area contributed by atoms with Crippen molar-refractivity contribution in [2.75, 3.05) is 11.9 Å². The van der Waals surface area contributed by atoms with Gasteiger partial charge in [0.15, 0.2) is 0 Å². The maximum atomic E-state index is 5.67. The summed E-state index contributed by atoms with van der Waals surface area (Å²) in [5, 5.41) is 3.24. The fourth-order valence-electron chi connectivity index (χ4n) is 1.76. The Morgan fingerprint density at radius 2 is 1.89 bits per heavy atom. The highest BCUT2D eigenvalue weighted by Gasteiger charge is 1.97. The van der Waals surface area contributed by atoms with Gasteiger partial charge in [-0.2, -0.15) is 0 Å². The van der Waals surface area contributed by atoms with E-state index in [4.69, 9.17) is 4.74 Å². The lowest BCUT2D eigenvalue weighted by Gasteiger charge is -2.08. The predicted octanol–water partition coefficient (Wildman–Crippen LogP) is 4.39. The monoisotopic (exact) mass is 256 g/mol. The molecule has 0 saturated heterocycles. The molecule has 0 atom stereocenters. The lowest BCUT2D eigenvalue weighted by molar-refractivity contribution is 0.306. The maximum absolute atomic E-state index is 5.67. The zero-order chi connectivity index (χ0) is 13.3. The van der Waals surface area contributed by atoms with Crippen molar-refractivity contribution in [2.24, 2.45) is 0 Å². The molecule has 0 fully saturated rings. The molecule has 19 heavy (non-hydrogen) atoms. The number of nitrogens with one attached hydrogen (secondary N) is 1. The number of nitrogens with zero attached hydrogens (tertiary/aromatic N) is 1. The summed E-state index contributed by atoms with van der Waals surface area (Å²) >= 11 is 0. The number of anilines is 2. The van der Waals surface area contributed by atoms with Crippen LogP contribution in [-0.4, -0.2) is 11.6 Å². The van der Waals surface area contributed by atoms with Crippen molar-refractivity contribution >= 4 is 11.5 Å². The van der Waals surface area contributed by atoms with Crippen molar-refractivity contribution in [1.82, 2.24) is 4.98 Å². The van der Waals surface area contributed by atoms with Crippen LogP contribution in [0, 0.1) is 0 Å². The number of hydrogen-bond acceptors (Lipinski definition) is 3. The van der Waals surface area contributed by atoms with E-state index in [0.717, 1.165) is 30.3 Å². The van der Waals surface area contributed by atoms with Crippen LogP contribution in [0.5, 0.6) is 5.75 Å². The number of benzene rings is 1. The van der Waals surface area contributed by atoms with E-state index in [0.29, 0.717) is 0 Å². The summed E-state index contributed by atoms with van der Waals surface area (Å²) in [7, 11) is 0. The Morgan fingerprint density at radius 3 is 2.58 bits per heavy atom. The van der Waals surface area contributed by atoms with Crippen LogP contribution < -0.4 is 10.1 Å². The smallest absolute Gasteiger partial charge is 0.130 e. The molecule has 2 rings (SSSR count). The van der Waals surface area contributed by atoms with Crippen molar-refractivity contribution in [2.45, 2.75) is 26.2 Å². The number of ether oxygens (including phenoxy) is 1. The summed E-state index contributed by atoms with van der Waals surface area (Å²) < 4.78 is 5.67. The molecule has 1 N–H and O–H groups in total. The van der Waals surface area contributed by atoms with Gasteiger partial charge >= 0.3 is 0 Å². The molecule has 0 bridgehead atoms. The quantitative estimate of drug-likeness (QED) is 0.746. The normalized spacial score (nSPS) is 10.2. The minimum Gasteiger partial charge on any atom is -0.494 e. The summed E-state index contributed by atoms with van der Waals surface area (Å²) in [4.78, 5) is 4.22. The molecule has 0 radical (unpaired) electrons. The molecule has 1 aromatic carbocycles. The van der Waals surface area contributed by atoms with Crippen LogP contribution in [0.15, 0.2) is 48.7 Å². The van der Waals surface area contributed by atoms with E-state index in [1.807, 2.05) is 42.5 Å². The van der Waals surface area contributed by atoms with E-state index in [1.54, 1.807) is 6.20 Å². The number of hydrogen-bond donors (Lipinski definition) is 1. The summed E-state index contributed by atoms with van der Waals surface area (Å²) in [6.45, 7) is 2.99. The van der Waals surface area contributed by atoms with Crippen molar-refractivity contribution < 1.29 is 4.74 Å². The van der Waals surface area contributed by atoms with E-state index >= 15 is 0 Å². The highest BCUT2D eigenvalue weighted by molar-refractivity contribution is 5.56. The second-order valence-corrected chi connectivity index (χ2v) is 4.42. The van der Waals surface area contributed by atoms with E-state index in [9.17, 15) is 0 Å². The summed E-state index contributed by atoms with van der Waals surface area (Å²) in [5.74, 6) is 1.77. The molecule has 0 unspecified atom stereocenters. The van der Waals surface area contributed by atoms with Crippen molar-refractivity contribution in [3.05, 3.63) is 48.7 Å². The van der Waals surface area contributed by atoms with Crippen molar-refractivity contribution in [1.29, 1.82) is 0 Å². The number of rotatable bonds is 7. The van der Waals surface area contributed by atoms with E-state index in [-0.39, 0.29) is 0 Å². The molecule has 3 heteroatoms. The Kier molecular flexibility index (Phi) is 5.23. The van der Waals surface area contributed by atoms with Crippen LogP contribution in [0.2, 0.25) is 0 Å². The second-order valence-electron chi connectivity index (χ2n) is 4.42. The van der Waals surface area contributed by atoms with Gasteiger partial charge in [-0.3, -0.25) is 0 Å². The Balaban J connectivity index is 1.84. The topological polar surface area (TPSA) is 34.1 Å². The Bertz CT molecular complexity index is 468. The van der Waals surface area contributed by atoms with Gasteiger partial charge < -0.3 is 10.1 Å². The van der Waals surface area contributed by atoms with Crippen LogP contribution in [0.1, 0.15) is 26.2 Å². The number of pyridine rings is 1. The van der Waals surface area contributed by atoms with Gasteiger partial charge in [-0.15, -0.1) is 0 Å². The summed E-state index contributed by atoms with van der Waals surface area (Å²) in [5.41, 5.74) is 1.01. The standard InChI is InChI=1S/C16H20N2O/c1-2-3-6-13-19-15-10-8-14(9-11-15)18-16-7-4-5-12-17-16/h4-5,7-12H,2-3,6,13H2,1H3,(H,17,18). The molecule has 3 nitrogen and oxygen atoms in total. The third-order valence-electron chi connectivity index (χ3n) is 2.81. The number of aromatic nitrogens is 1. The summed E-state index contributed by atoms with van der Waals surface area (Å²) in [6, 6.07) is 13.8. The van der Waals surface area contributed by atoms with Crippen molar-refractivity contribution in [3.8, 4) is 5.75 Å². The zero-order valence-corrected chi connectivity index (χ0v) is 11.3. The third-order valence-corrected chi connectivity index (χ3v) is 2.81. The molecule has 0 spiro atoms. The Hall–Kier alpha value is -2.03. The van der Waals surface area contributed by atoms with Crippen molar-refractivity contribution in [3.63, 3.8) is 0 Å². The van der Waals surface area contributed by atoms with Crippen LogP contribution in [0.25, 0.3) is 0 Å². The average molecular weight is 256 g/mol. The maximum Gasteiger partial charge on any atom is 0.130 e. The van der Waals surface area contributed by atoms with E-state index < -0.39 is 0 Å². The molecule has 1 heterocycles. The van der Waals surface area contributed by atoms with E-state index in [1.165, 1.54) is 12.8 Å². The van der Waals surface area contributed by atoms with Gasteiger partial charge in [0, 0.05) is 11.9 Å². The first kappa shape index (κ1) is 13.4. The van der Waals surface area contributed by atoms with Crippen LogP contribution in [-0.2, 0) is 0 Å². The predicted molar refractivity (Wildman–Crippen MR) is 79.0 cm³/mol. The molecule has 100 valence electrons. The zero-order valence-electron chi connectivity index (χ0n) is 11.3. The van der Waals surface area contributed by atoms with E-state index in [2.05, 4.69) is 17.2 Å².